The van der Waals surface area contributed by atoms with Crippen LogP contribution in [-0.4, -0.2) is 52.0 Å². The van der Waals surface area contributed by atoms with Gasteiger partial charge in [0.05, 0.1) is 12.8 Å². The Morgan fingerprint density at radius 3 is 2.74 bits per heavy atom. The van der Waals surface area contributed by atoms with E-state index in [0.717, 1.165) is 36.5 Å². The summed E-state index contributed by atoms with van der Waals surface area (Å²) in [6, 6.07) is 14.7. The van der Waals surface area contributed by atoms with Crippen molar-refractivity contribution in [3.63, 3.8) is 0 Å². The molecule has 0 amide bonds. The summed E-state index contributed by atoms with van der Waals surface area (Å²) in [5, 5.41) is 6.62. The number of alkyl halides is 3. The molecule has 1 unspecified atom stereocenters. The lowest BCUT2D eigenvalue weighted by Gasteiger charge is -2.22. The van der Waals surface area contributed by atoms with Gasteiger partial charge in [0.25, 0.3) is 0 Å². The van der Waals surface area contributed by atoms with Gasteiger partial charge in [-0.2, -0.15) is 13.2 Å². The highest BCUT2D eigenvalue weighted by Gasteiger charge is 2.28. The molecule has 3 rings (SSSR count). The van der Waals surface area contributed by atoms with E-state index in [1.54, 1.807) is 26.3 Å². The average Bonchev–Trinajstić information content (AvgIpc) is 3.23. The van der Waals surface area contributed by atoms with Crippen LogP contribution in [0.15, 0.2) is 53.5 Å². The van der Waals surface area contributed by atoms with Crippen molar-refractivity contribution in [2.75, 3.05) is 38.8 Å². The molecule has 0 saturated carbocycles. The molecule has 0 aromatic heterocycles. The Morgan fingerprint density at radius 2 is 2.00 bits per heavy atom. The maximum Gasteiger partial charge on any atom is 0.422 e. The molecule has 6 nitrogen and oxygen atoms in total. The van der Waals surface area contributed by atoms with Gasteiger partial charge in [0, 0.05) is 32.7 Å². The van der Waals surface area contributed by atoms with Crippen LogP contribution in [0.3, 0.4) is 0 Å². The largest absolute Gasteiger partial charge is 0.495 e. The van der Waals surface area contributed by atoms with E-state index in [1.165, 1.54) is 6.07 Å². The summed E-state index contributed by atoms with van der Waals surface area (Å²) in [6.45, 7) is 0.804. The molecule has 1 fully saturated rings. The van der Waals surface area contributed by atoms with Gasteiger partial charge in [0.15, 0.2) is 12.6 Å². The van der Waals surface area contributed by atoms with Crippen LogP contribution in [0.5, 0.6) is 11.5 Å². The molecular formula is C22H27F3N4O2. The van der Waals surface area contributed by atoms with E-state index < -0.39 is 12.8 Å². The molecule has 0 bridgehead atoms. The molecule has 1 aliphatic heterocycles. The van der Waals surface area contributed by atoms with Crippen molar-refractivity contribution in [1.29, 1.82) is 0 Å². The van der Waals surface area contributed by atoms with Gasteiger partial charge in [-0.1, -0.05) is 24.3 Å². The zero-order valence-corrected chi connectivity index (χ0v) is 17.6. The third-order valence-electron chi connectivity index (χ3n) is 4.94. The highest BCUT2D eigenvalue weighted by Crippen LogP contribution is 2.30. The Kier molecular flexibility index (Phi) is 7.49. The van der Waals surface area contributed by atoms with Crippen molar-refractivity contribution in [3.05, 3.63) is 54.1 Å². The molecule has 168 valence electrons. The maximum atomic E-state index is 12.3. The quantitative estimate of drug-likeness (QED) is 0.513. The lowest BCUT2D eigenvalue weighted by Crippen LogP contribution is -2.44. The number of anilines is 1. The maximum absolute atomic E-state index is 12.3. The van der Waals surface area contributed by atoms with Crippen molar-refractivity contribution in [2.45, 2.75) is 25.2 Å². The summed E-state index contributed by atoms with van der Waals surface area (Å²) < 4.78 is 47.3. The molecular weight excluding hydrogens is 409 g/mol. The fourth-order valence-corrected chi connectivity index (χ4v) is 3.47. The molecule has 0 aliphatic carbocycles. The minimum absolute atomic E-state index is 0.183. The van der Waals surface area contributed by atoms with E-state index in [2.05, 4.69) is 20.5 Å². The van der Waals surface area contributed by atoms with Gasteiger partial charge < -0.3 is 25.0 Å². The molecule has 31 heavy (non-hydrogen) atoms. The summed E-state index contributed by atoms with van der Waals surface area (Å²) in [5.74, 6) is 1.66. The first-order valence-electron chi connectivity index (χ1n) is 10.0. The number of halogens is 3. The number of hydrogen-bond donors (Lipinski definition) is 2. The van der Waals surface area contributed by atoms with Crippen molar-refractivity contribution >= 4 is 11.6 Å². The van der Waals surface area contributed by atoms with Crippen molar-refractivity contribution in [3.8, 4) is 11.5 Å². The Labute approximate surface area is 180 Å². The van der Waals surface area contributed by atoms with Crippen LogP contribution >= 0.6 is 0 Å². The van der Waals surface area contributed by atoms with E-state index in [4.69, 9.17) is 9.47 Å². The number of nitrogens with one attached hydrogen (secondary N) is 2. The molecule has 1 heterocycles. The van der Waals surface area contributed by atoms with Crippen LogP contribution in [0.25, 0.3) is 0 Å². The molecule has 9 heteroatoms. The second kappa shape index (κ2) is 10.3. The van der Waals surface area contributed by atoms with E-state index in [-0.39, 0.29) is 11.8 Å². The molecule has 2 N–H and O–H groups in total. The summed E-state index contributed by atoms with van der Waals surface area (Å²) in [7, 11) is 3.35. The van der Waals surface area contributed by atoms with Crippen molar-refractivity contribution < 1.29 is 22.6 Å². The standard InChI is InChI=1S/C22H27F3N4O2/c1-26-21(27-13-16-6-5-7-18(12-16)31-15-22(23,24)25)28-17-10-11-29(14-17)19-8-3-4-9-20(19)30-2/h3-9,12,17H,10-11,13-15H2,1-2H3,(H2,26,27,28). The molecule has 2 aromatic carbocycles. The van der Waals surface area contributed by atoms with Crippen LogP contribution in [0.4, 0.5) is 18.9 Å². The first-order valence-corrected chi connectivity index (χ1v) is 10.0. The normalized spacial score (nSPS) is 16.9. The van der Waals surface area contributed by atoms with Gasteiger partial charge in [-0.25, -0.2) is 0 Å². The third-order valence-corrected chi connectivity index (χ3v) is 4.94. The summed E-state index contributed by atoms with van der Waals surface area (Å²) in [5.41, 5.74) is 1.86. The predicted molar refractivity (Wildman–Crippen MR) is 115 cm³/mol. The Balaban J connectivity index is 1.51. The predicted octanol–water partition coefficient (Wildman–Crippen LogP) is 3.58. The second-order valence-corrected chi connectivity index (χ2v) is 7.22. The highest BCUT2D eigenvalue weighted by atomic mass is 19.4. The number of rotatable bonds is 7. The Hall–Kier alpha value is -3.10. The van der Waals surface area contributed by atoms with Gasteiger partial charge >= 0.3 is 6.18 Å². The first-order chi connectivity index (χ1) is 14.9. The summed E-state index contributed by atoms with van der Waals surface area (Å²) >= 11 is 0. The Morgan fingerprint density at radius 1 is 1.19 bits per heavy atom. The fourth-order valence-electron chi connectivity index (χ4n) is 3.47. The number of methoxy groups -OCH3 is 1. The first kappa shape index (κ1) is 22.6. The van der Waals surface area contributed by atoms with E-state index in [0.29, 0.717) is 12.5 Å². The van der Waals surface area contributed by atoms with Crippen LogP contribution in [-0.2, 0) is 6.54 Å². The third kappa shape index (κ3) is 6.70. The molecule has 1 atom stereocenters. The molecule has 2 aromatic rings. The molecule has 0 radical (unpaired) electrons. The topological polar surface area (TPSA) is 58.1 Å². The van der Waals surface area contributed by atoms with Crippen molar-refractivity contribution in [2.24, 2.45) is 4.99 Å². The number of para-hydroxylation sites is 2. The van der Waals surface area contributed by atoms with Crippen molar-refractivity contribution in [1.82, 2.24) is 10.6 Å². The number of guanidine groups is 1. The molecule has 0 spiro atoms. The molecule has 1 aliphatic rings. The minimum atomic E-state index is -4.36. The van der Waals surface area contributed by atoms with Gasteiger partial charge in [0.2, 0.25) is 0 Å². The van der Waals surface area contributed by atoms with E-state index in [1.807, 2.05) is 30.3 Å². The van der Waals surface area contributed by atoms with Crippen LogP contribution in [0.2, 0.25) is 0 Å². The van der Waals surface area contributed by atoms with Gasteiger partial charge in [-0.3, -0.25) is 4.99 Å². The van der Waals surface area contributed by atoms with Crippen LogP contribution in [0, 0.1) is 0 Å². The lowest BCUT2D eigenvalue weighted by atomic mass is 10.2. The second-order valence-electron chi connectivity index (χ2n) is 7.22. The number of aliphatic imine (C=N–C) groups is 1. The van der Waals surface area contributed by atoms with Gasteiger partial charge in [-0.15, -0.1) is 0 Å². The minimum Gasteiger partial charge on any atom is -0.495 e. The number of ether oxygens (including phenoxy) is 2. The summed E-state index contributed by atoms with van der Waals surface area (Å²) in [4.78, 5) is 6.53. The van der Waals surface area contributed by atoms with E-state index in [9.17, 15) is 13.2 Å². The smallest absolute Gasteiger partial charge is 0.422 e. The number of nitrogens with zero attached hydrogens (tertiary/aromatic N) is 2. The van der Waals surface area contributed by atoms with E-state index >= 15 is 0 Å². The summed E-state index contributed by atoms with van der Waals surface area (Å²) in [6.07, 6.45) is -3.42. The SMILES string of the molecule is CN=C(NCc1cccc(OCC(F)(F)F)c1)NC1CCN(c2ccccc2OC)C1. The van der Waals surface area contributed by atoms with Gasteiger partial charge in [0.1, 0.15) is 11.5 Å². The zero-order valence-electron chi connectivity index (χ0n) is 17.6. The van der Waals surface area contributed by atoms with Crippen LogP contribution in [0.1, 0.15) is 12.0 Å². The fraction of sp³-hybridized carbons (Fsp3) is 0.409. The highest BCUT2D eigenvalue weighted by molar-refractivity contribution is 5.80. The monoisotopic (exact) mass is 436 g/mol. The number of hydrogen-bond acceptors (Lipinski definition) is 4. The molecule has 1 saturated heterocycles. The van der Waals surface area contributed by atoms with Crippen LogP contribution < -0.4 is 25.0 Å². The lowest BCUT2D eigenvalue weighted by molar-refractivity contribution is -0.153. The van der Waals surface area contributed by atoms with Gasteiger partial charge in [-0.05, 0) is 36.2 Å². The Bertz CT molecular complexity index is 889. The number of benzene rings is 2. The zero-order chi connectivity index (χ0) is 22.3. The average molecular weight is 436 g/mol.